The van der Waals surface area contributed by atoms with Crippen LogP contribution in [0.4, 0.5) is 13.2 Å². The Kier molecular flexibility index (Phi) is 4.21. The highest BCUT2D eigenvalue weighted by Gasteiger charge is 2.35. The van der Waals surface area contributed by atoms with E-state index in [9.17, 15) is 17.7 Å². The molecule has 6 heteroatoms. The van der Waals surface area contributed by atoms with Gasteiger partial charge in [-0.25, -0.2) is 0 Å². The second-order valence-corrected chi connectivity index (χ2v) is 4.27. The first kappa shape index (κ1) is 12.9. The lowest BCUT2D eigenvalue weighted by molar-refractivity contribution is -0.152. The summed E-state index contributed by atoms with van der Waals surface area (Å²) in [6, 6.07) is 8.29. The monoisotopic (exact) mass is 249 g/mol. The van der Waals surface area contributed by atoms with E-state index in [0.29, 0.717) is 5.56 Å². The van der Waals surface area contributed by atoms with Gasteiger partial charge in [-0.1, -0.05) is 30.3 Å². The van der Waals surface area contributed by atoms with E-state index in [2.05, 4.69) is 11.1 Å². The van der Waals surface area contributed by atoms with Crippen LogP contribution in [0, 0.1) is 0 Å². The number of alkyl halides is 3. The normalized spacial score (nSPS) is 12.3. The maximum atomic E-state index is 11.8. The molecule has 0 aliphatic rings. The third kappa shape index (κ3) is 4.13. The van der Waals surface area contributed by atoms with Gasteiger partial charge in [0.05, 0.1) is 0 Å². The van der Waals surface area contributed by atoms with E-state index in [1.807, 2.05) is 0 Å². The van der Waals surface area contributed by atoms with Crippen molar-refractivity contribution in [2.24, 2.45) is 0 Å². The molecule has 0 N–H and O–H groups in total. The van der Waals surface area contributed by atoms with Crippen LogP contribution in [0.3, 0.4) is 0 Å². The van der Waals surface area contributed by atoms with Gasteiger partial charge in [0, 0.05) is 5.56 Å². The second kappa shape index (κ2) is 5.23. The van der Waals surface area contributed by atoms with Crippen molar-refractivity contribution in [3.63, 3.8) is 0 Å². The molecule has 0 aromatic heterocycles. The third-order valence-electron chi connectivity index (χ3n) is 1.67. The molecule has 86 valence electrons. The highest BCUT2D eigenvalue weighted by molar-refractivity contribution is 7.51. The Hall–Kier alpha value is -1.19. The second-order valence-electron chi connectivity index (χ2n) is 2.96. The molecule has 16 heavy (non-hydrogen) atoms. The van der Waals surface area contributed by atoms with E-state index < -0.39 is 20.8 Å². The summed E-state index contributed by atoms with van der Waals surface area (Å²) in [6.45, 7) is 1.92. The van der Waals surface area contributed by atoms with Gasteiger partial charge in [-0.05, 0) is 11.1 Å². The molecule has 0 aliphatic carbocycles. The molecule has 0 bridgehead atoms. The highest BCUT2D eigenvalue weighted by Crippen LogP contribution is 2.40. The maximum Gasteiger partial charge on any atom is 0.549 e. The summed E-state index contributed by atoms with van der Waals surface area (Å²) in [4.78, 5) is 0. The molecule has 0 heterocycles. The summed E-state index contributed by atoms with van der Waals surface area (Å²) in [5, 5.41) is 0.0554. The summed E-state index contributed by atoms with van der Waals surface area (Å²) in [6.07, 6.45) is -4.48. The molecule has 0 fully saturated rings. The Morgan fingerprint density at radius 1 is 1.31 bits per heavy atom. The molecule has 1 aromatic rings. The van der Waals surface area contributed by atoms with Gasteiger partial charge in [0.15, 0.2) is 6.61 Å². The van der Waals surface area contributed by atoms with Gasteiger partial charge >= 0.3 is 14.2 Å². The summed E-state index contributed by atoms with van der Waals surface area (Å²) < 4.78 is 50.9. The van der Waals surface area contributed by atoms with Crippen LogP contribution in [0.1, 0.15) is 5.56 Å². The van der Waals surface area contributed by atoms with E-state index in [1.54, 1.807) is 30.3 Å². The first-order valence-electron chi connectivity index (χ1n) is 4.31. The number of hydrogen-bond donors (Lipinski definition) is 0. The molecule has 0 saturated carbocycles. The van der Waals surface area contributed by atoms with Crippen molar-refractivity contribution in [3.05, 3.63) is 42.5 Å². The largest absolute Gasteiger partial charge is 0.549 e. The van der Waals surface area contributed by atoms with Crippen molar-refractivity contribution in [3.8, 4) is 0 Å². The van der Waals surface area contributed by atoms with Crippen LogP contribution in [-0.4, -0.2) is 12.8 Å². The van der Waals surface area contributed by atoms with Crippen LogP contribution in [-0.2, 0) is 9.09 Å². The molecule has 0 spiro atoms. The molecule has 0 radical (unpaired) electrons. The lowest BCUT2D eigenvalue weighted by Gasteiger charge is -2.00. The Bertz CT molecular complexity index is 387. The first-order valence-corrected chi connectivity index (χ1v) is 5.49. The summed E-state index contributed by atoms with van der Waals surface area (Å²) in [5.74, 6) is 0. The zero-order valence-corrected chi connectivity index (χ0v) is 9.09. The van der Waals surface area contributed by atoms with Crippen LogP contribution < -0.4 is 0 Å². The van der Waals surface area contributed by atoms with Crippen molar-refractivity contribution in [1.29, 1.82) is 0 Å². The predicted octanol–water partition coefficient (Wildman–Crippen LogP) is 3.98. The predicted molar refractivity (Wildman–Crippen MR) is 55.1 cm³/mol. The Morgan fingerprint density at radius 3 is 2.38 bits per heavy atom. The van der Waals surface area contributed by atoms with Crippen LogP contribution in [0.5, 0.6) is 0 Å². The lowest BCUT2D eigenvalue weighted by atomic mass is 10.2. The molecule has 2 nitrogen and oxygen atoms in total. The summed E-state index contributed by atoms with van der Waals surface area (Å²) in [7, 11) is -2.55. The van der Waals surface area contributed by atoms with Crippen molar-refractivity contribution >= 4 is 13.3 Å². The van der Waals surface area contributed by atoms with Gasteiger partial charge in [0.1, 0.15) is 0 Å². The van der Waals surface area contributed by atoms with Crippen LogP contribution in [0.2, 0.25) is 0 Å². The minimum atomic E-state index is -4.48. The Balaban J connectivity index is 2.59. The summed E-state index contributed by atoms with van der Waals surface area (Å²) >= 11 is 0. The highest BCUT2D eigenvalue weighted by atomic mass is 31.1. The molecular formula is C10H9F3O2P+. The van der Waals surface area contributed by atoms with Gasteiger partial charge < -0.3 is 0 Å². The zero-order chi connectivity index (χ0) is 12.2. The van der Waals surface area contributed by atoms with E-state index >= 15 is 0 Å². The molecule has 1 atom stereocenters. The molecule has 1 unspecified atom stereocenters. The van der Waals surface area contributed by atoms with E-state index in [-0.39, 0.29) is 5.31 Å². The van der Waals surface area contributed by atoms with Crippen LogP contribution in [0.25, 0.3) is 5.31 Å². The third-order valence-corrected chi connectivity index (χ3v) is 2.74. The van der Waals surface area contributed by atoms with E-state index in [0.717, 1.165) is 0 Å². The molecule has 1 aromatic carbocycles. The topological polar surface area (TPSA) is 26.3 Å². The Labute approximate surface area is 91.6 Å². The van der Waals surface area contributed by atoms with Crippen molar-refractivity contribution in [2.75, 3.05) is 6.61 Å². The maximum absolute atomic E-state index is 11.8. The number of benzene rings is 1. The van der Waals surface area contributed by atoms with Gasteiger partial charge in [-0.15, -0.1) is 4.52 Å². The minimum Gasteiger partial charge on any atom is -0.168 e. The standard InChI is InChI=1S/C10H9F3O2P/c1-8(9-5-3-2-4-6-9)16(14)15-7-10(11,12)13/h2-6H,1,7H2/q+1. The molecule has 0 aliphatic heterocycles. The van der Waals surface area contributed by atoms with Crippen molar-refractivity contribution in [2.45, 2.75) is 6.18 Å². The molecule has 0 saturated heterocycles. The van der Waals surface area contributed by atoms with Crippen molar-refractivity contribution < 1.29 is 22.3 Å². The smallest absolute Gasteiger partial charge is 0.168 e. The van der Waals surface area contributed by atoms with Gasteiger partial charge in [-0.2, -0.15) is 13.2 Å². The average Bonchev–Trinajstić information content (AvgIpc) is 2.25. The Morgan fingerprint density at radius 2 is 1.88 bits per heavy atom. The zero-order valence-electron chi connectivity index (χ0n) is 8.20. The summed E-state index contributed by atoms with van der Waals surface area (Å²) in [5.41, 5.74) is 0.505. The van der Waals surface area contributed by atoms with Gasteiger partial charge in [0.25, 0.3) is 0 Å². The lowest BCUT2D eigenvalue weighted by Crippen LogP contribution is -2.14. The van der Waals surface area contributed by atoms with Crippen LogP contribution in [0.15, 0.2) is 36.9 Å². The fourth-order valence-electron chi connectivity index (χ4n) is 0.946. The van der Waals surface area contributed by atoms with E-state index in [1.165, 1.54) is 0 Å². The quantitative estimate of drug-likeness (QED) is 0.754. The minimum absolute atomic E-state index is 0.0554. The fraction of sp³-hybridized carbons (Fsp3) is 0.200. The molecule has 1 rings (SSSR count). The van der Waals surface area contributed by atoms with Crippen LogP contribution >= 0.6 is 8.03 Å². The average molecular weight is 249 g/mol. The molecular weight excluding hydrogens is 240 g/mol. The van der Waals surface area contributed by atoms with Crippen molar-refractivity contribution in [1.82, 2.24) is 0 Å². The van der Waals surface area contributed by atoms with Gasteiger partial charge in [0.2, 0.25) is 5.31 Å². The first-order chi connectivity index (χ1) is 7.40. The number of halogens is 3. The number of hydrogen-bond acceptors (Lipinski definition) is 2. The molecule has 0 amide bonds. The fourth-order valence-corrected chi connectivity index (χ4v) is 1.73. The van der Waals surface area contributed by atoms with Gasteiger partial charge in [-0.3, -0.25) is 0 Å². The number of rotatable bonds is 4. The SMILES string of the molecule is C=C(c1ccccc1)[P+](=O)OCC(F)(F)F. The van der Waals surface area contributed by atoms with E-state index in [4.69, 9.17) is 0 Å².